The number of halogens is 6. The minimum absolute atomic E-state index is 0. The summed E-state index contributed by atoms with van der Waals surface area (Å²) in [5, 5.41) is 50.1. The van der Waals surface area contributed by atoms with Crippen molar-refractivity contribution in [3.8, 4) is 11.5 Å². The van der Waals surface area contributed by atoms with Crippen LogP contribution in [0.1, 0.15) is 82.1 Å². The van der Waals surface area contributed by atoms with Gasteiger partial charge in [0, 0.05) is 91.2 Å². The van der Waals surface area contributed by atoms with E-state index in [1.807, 2.05) is 127 Å². The van der Waals surface area contributed by atoms with Gasteiger partial charge in [-0.25, -0.2) is 34.1 Å². The number of para-hydroxylation sites is 4. The van der Waals surface area contributed by atoms with Gasteiger partial charge in [-0.15, -0.1) is 0 Å². The van der Waals surface area contributed by atoms with Crippen LogP contribution in [0.2, 0.25) is 15.5 Å². The zero-order valence-electron chi connectivity index (χ0n) is 72.4. The largest absolute Gasteiger partial charge is 0.534 e. The Morgan fingerprint density at radius 3 is 1.25 bits per heavy atom. The molecule has 5 heterocycles. The number of aliphatic hydroxyl groups is 1. The Kier molecular flexibility index (Phi) is 41.0. The SMILES string of the molecule is C=CC(=O)Nc1ccccc1C(=O)OCc1ccccc1.CO.O.O=C(/C=C/c1ccc2nc(Cl)ccc2c1)Nc1ccccc1C(=O)OCc1ccccc1.O=C(CCc1ccc2[nH]c(=O)ccc2c1)Nc1ccccc1C(=O)O.O=C(CCc1ccc2nc(Cl)ccc2c1)Nc1ccccc1C(=O)O.O=S(=O)(Oc1ccc2nc(Cl)ccc2c1)C(F)(F)F.O=c1ccc2cc(O)ccc2[nH]1.[Pd]. The molecule has 11 aromatic carbocycles. The maximum Gasteiger partial charge on any atom is 0.534 e. The van der Waals surface area contributed by atoms with Crippen LogP contribution in [0.15, 0.2) is 338 Å². The molecule has 37 heteroatoms. The molecule has 0 aliphatic carbocycles. The molecule has 0 unspecified atom stereocenters. The van der Waals surface area contributed by atoms with Gasteiger partial charge in [-0.2, -0.15) is 21.6 Å². The topological polar surface area (TPSA) is 463 Å². The van der Waals surface area contributed by atoms with Gasteiger partial charge in [0.25, 0.3) is 0 Å². The number of aromatic nitrogens is 5. The van der Waals surface area contributed by atoms with Crippen molar-refractivity contribution in [2.45, 2.75) is 44.4 Å². The molecule has 29 nitrogen and oxygen atoms in total. The van der Waals surface area contributed by atoms with Crippen molar-refractivity contribution in [3.05, 3.63) is 414 Å². The van der Waals surface area contributed by atoms with Crippen molar-refractivity contribution >= 4 is 176 Å². The molecule has 0 spiro atoms. The van der Waals surface area contributed by atoms with Crippen molar-refractivity contribution in [2.75, 3.05) is 28.4 Å². The number of hydrogen-bond donors (Lipinski definition) is 10. The number of fused-ring (bicyclic) bond motifs is 5. The summed E-state index contributed by atoms with van der Waals surface area (Å²) in [5.74, 6) is -4.62. The van der Waals surface area contributed by atoms with Gasteiger partial charge in [-0.1, -0.05) is 169 Å². The number of phenols is 1. The number of aromatic amines is 2. The molecule has 0 saturated heterocycles. The molecule has 0 saturated carbocycles. The van der Waals surface area contributed by atoms with E-state index in [1.54, 1.807) is 127 Å². The van der Waals surface area contributed by atoms with E-state index in [-0.39, 0.29) is 114 Å². The molecule has 0 fully saturated rings. The molecule has 0 radical (unpaired) electrons. The second-order valence-corrected chi connectivity index (χ2v) is 31.3. The number of anilines is 4. The molecule has 5 aromatic heterocycles. The van der Waals surface area contributed by atoms with Crippen molar-refractivity contribution in [2.24, 2.45) is 0 Å². The number of alkyl halides is 3. The van der Waals surface area contributed by atoms with Crippen LogP contribution in [0.5, 0.6) is 11.5 Å². The van der Waals surface area contributed by atoms with E-state index >= 15 is 0 Å². The molecular weight excluding hydrogens is 1960 g/mol. The summed E-state index contributed by atoms with van der Waals surface area (Å²) in [6.45, 7) is 3.72. The van der Waals surface area contributed by atoms with Crippen molar-refractivity contribution < 1.29 is 120 Å². The average molecular weight is 2040 g/mol. The molecular formula is C101H83Cl3F3N9O20PdS. The normalized spacial score (nSPS) is 10.5. The van der Waals surface area contributed by atoms with Gasteiger partial charge in [0.2, 0.25) is 34.7 Å². The molecule has 0 bridgehead atoms. The summed E-state index contributed by atoms with van der Waals surface area (Å²) in [6.07, 6.45) is 5.78. The molecule has 16 rings (SSSR count). The number of carbonyl (C=O) groups excluding carboxylic acids is 6. The number of carboxylic acids is 2. The summed E-state index contributed by atoms with van der Waals surface area (Å²) in [6, 6.07) is 86.5. The first kappa shape index (κ1) is 107. The smallest absolute Gasteiger partial charge is 0.508 e. The number of esters is 2. The average Bonchev–Trinajstić information content (AvgIpc) is 0.802. The number of aliphatic hydroxyl groups excluding tert-OH is 1. The second kappa shape index (κ2) is 52.7. The Balaban J connectivity index is 0.000000205. The number of nitrogens with zero attached hydrogens (tertiary/aromatic N) is 3. The van der Waals surface area contributed by atoms with E-state index in [4.69, 9.17) is 64.7 Å². The van der Waals surface area contributed by atoms with Crippen molar-refractivity contribution in [1.29, 1.82) is 0 Å². The molecule has 0 atom stereocenters. The van der Waals surface area contributed by atoms with E-state index in [1.165, 1.54) is 54.6 Å². The number of carboxylic acid groups (broad SMARTS) is 2. The van der Waals surface area contributed by atoms with Gasteiger partial charge in [0.05, 0.1) is 61.6 Å². The van der Waals surface area contributed by atoms with Crippen molar-refractivity contribution in [1.82, 2.24) is 24.9 Å². The Bertz CT molecular complexity index is 7340. The predicted molar refractivity (Wildman–Crippen MR) is 520 cm³/mol. The quantitative estimate of drug-likeness (QED) is 0.00710. The standard InChI is InChI=1S/C26H19ClN2O3.C19H15ClN2O3.C19H16N2O4.C17H15NO3.C10H5ClF3NO3S.C9H7NO2.CH4O.H2O.Pd/c27-24-14-12-20-16-18(10-13-22(20)28-24)11-15-25(30)29-23-9-5-4-8-21(23)26(31)32-17-19-6-2-1-3-7-19;20-17-9-7-13-11-12(5-8-15(13)21-17)6-10-18(23)22-16-4-2-1-3-14(16)19(24)25;22-17(21-16-4-2-1-3-14(16)19(24)25)9-6-12-5-8-15-13(11-12)7-10-18(23)20-15;1-2-16(19)18-15-11-7-6-10-14(15)17(20)21-12-13-8-4-3-5-9-13;11-9-4-1-6-5-7(2-3-8(6)15-9)18-19(16,17)10(12,13)14;11-7-2-3-8-6(5-7)1-4-9(12)10-8;1-2;;/h1-16H,17H2,(H,29,30);1-5,7-9,11H,6,10H2,(H,22,23)(H,24,25);1-5,7-8,10-11H,6,9H2,(H,20,23)(H,21,22)(H,24,25);2-11H,1,12H2,(H,18,19);1-5H;1-5,11H,(H,10,12);2H,1H3;1H2;/b15-11+;;;;;;;;. The fourth-order valence-electron chi connectivity index (χ4n) is 12.5. The number of ether oxygens (including phenoxy) is 2. The number of phenolic OH excluding ortho intramolecular Hbond substituents is 1. The van der Waals surface area contributed by atoms with Gasteiger partial charge >= 0.3 is 39.5 Å². The van der Waals surface area contributed by atoms with Gasteiger partial charge in [-0.05, 0) is 228 Å². The van der Waals surface area contributed by atoms with Crippen molar-refractivity contribution in [3.63, 3.8) is 0 Å². The number of aryl methyl sites for hydroxylation is 2. The summed E-state index contributed by atoms with van der Waals surface area (Å²) >= 11 is 17.4. The van der Waals surface area contributed by atoms with Crippen LogP contribution in [-0.4, -0.2) is 119 Å². The molecule has 710 valence electrons. The van der Waals surface area contributed by atoms with E-state index in [0.29, 0.717) is 62.2 Å². The number of rotatable bonds is 23. The van der Waals surface area contributed by atoms with E-state index in [2.05, 4.69) is 56.9 Å². The molecule has 0 aliphatic rings. The minimum Gasteiger partial charge on any atom is -0.508 e. The number of aromatic carboxylic acids is 2. The van der Waals surface area contributed by atoms with Gasteiger partial charge in [-0.3, -0.25) is 28.8 Å². The summed E-state index contributed by atoms with van der Waals surface area (Å²) < 4.78 is 72.7. The van der Waals surface area contributed by atoms with Crippen LogP contribution < -0.4 is 36.6 Å². The number of carbonyl (C=O) groups is 8. The summed E-state index contributed by atoms with van der Waals surface area (Å²) in [4.78, 5) is 135. The Labute approximate surface area is 813 Å². The van der Waals surface area contributed by atoms with E-state index in [0.717, 1.165) is 96.7 Å². The Morgan fingerprint density at radius 1 is 0.428 bits per heavy atom. The first-order valence-corrected chi connectivity index (χ1v) is 43.2. The third-order valence-corrected chi connectivity index (χ3v) is 20.6. The minimum atomic E-state index is -5.67. The van der Waals surface area contributed by atoms with Gasteiger partial charge < -0.3 is 70.8 Å². The molecule has 16 aromatic rings. The number of H-pyrrole nitrogens is 2. The van der Waals surface area contributed by atoms with E-state index < -0.39 is 45.3 Å². The Morgan fingerprint density at radius 2 is 0.797 bits per heavy atom. The van der Waals surface area contributed by atoms with Gasteiger partial charge in [0.1, 0.15) is 40.2 Å². The number of nitrogens with one attached hydrogen (secondary N) is 6. The monoisotopic (exact) mass is 2040 g/mol. The number of pyridine rings is 5. The molecule has 138 heavy (non-hydrogen) atoms. The van der Waals surface area contributed by atoms with Crippen LogP contribution in [0.4, 0.5) is 35.9 Å². The van der Waals surface area contributed by atoms with Gasteiger partial charge in [0.15, 0.2) is 0 Å². The van der Waals surface area contributed by atoms with Crippen LogP contribution in [-0.2, 0) is 85.2 Å². The van der Waals surface area contributed by atoms with E-state index in [9.17, 15) is 69.5 Å². The van der Waals surface area contributed by atoms with Crippen LogP contribution in [0, 0.1) is 0 Å². The fourth-order valence-corrected chi connectivity index (χ4v) is 13.4. The predicted octanol–water partition coefficient (Wildman–Crippen LogP) is 19.2. The zero-order valence-corrected chi connectivity index (χ0v) is 77.0. The maximum atomic E-state index is 12.5. The molecule has 12 N–H and O–H groups in total. The molecule has 0 aliphatic heterocycles. The molecule has 4 amide bonds. The van der Waals surface area contributed by atoms with Crippen LogP contribution in [0.3, 0.4) is 0 Å². The summed E-state index contributed by atoms with van der Waals surface area (Å²) in [5.41, 5.74) is 4.41. The zero-order chi connectivity index (χ0) is 97.9. The first-order chi connectivity index (χ1) is 65.3. The maximum absolute atomic E-state index is 12.5. The Hall–Kier alpha value is -15.9. The number of hydrogen-bond acceptors (Lipinski definition) is 20. The number of amides is 4. The van der Waals surface area contributed by atoms with Crippen LogP contribution in [0.25, 0.3) is 60.6 Å². The number of aromatic hydroxyl groups is 1. The second-order valence-electron chi connectivity index (χ2n) is 28.6. The number of benzene rings is 11. The summed E-state index contributed by atoms with van der Waals surface area (Å²) in [7, 11) is -4.67. The van der Waals surface area contributed by atoms with Crippen LogP contribution >= 0.6 is 34.8 Å². The first-order valence-electron chi connectivity index (χ1n) is 40.6. The third kappa shape index (κ3) is 33.0. The fraction of sp³-hybridized carbons (Fsp3) is 0.0792. The third-order valence-electron chi connectivity index (χ3n) is 19.0.